The molecule has 0 radical (unpaired) electrons. The molecule has 1 rings (SSSR count). The van der Waals surface area contributed by atoms with Crippen molar-refractivity contribution in [3.8, 4) is 6.07 Å². The Morgan fingerprint density at radius 3 is 2.85 bits per heavy atom. The van der Waals surface area contributed by atoms with E-state index < -0.39 is 5.97 Å². The first kappa shape index (κ1) is 15.5. The van der Waals surface area contributed by atoms with Gasteiger partial charge in [-0.15, -0.1) is 0 Å². The summed E-state index contributed by atoms with van der Waals surface area (Å²) in [7, 11) is 1.62. The van der Waals surface area contributed by atoms with E-state index in [1.807, 2.05) is 12.1 Å². The van der Waals surface area contributed by atoms with Gasteiger partial charge in [0.25, 0.3) is 0 Å². The van der Waals surface area contributed by atoms with E-state index in [9.17, 15) is 9.59 Å². The van der Waals surface area contributed by atoms with Crippen molar-refractivity contribution in [1.29, 1.82) is 5.26 Å². The zero-order valence-electron chi connectivity index (χ0n) is 11.3. The molecule has 0 aliphatic heterocycles. The van der Waals surface area contributed by atoms with E-state index in [0.717, 1.165) is 5.56 Å². The van der Waals surface area contributed by atoms with Crippen molar-refractivity contribution in [2.45, 2.75) is 12.8 Å². The number of nitriles is 1. The molecule has 0 bridgehead atoms. The Morgan fingerprint density at radius 1 is 1.45 bits per heavy atom. The Morgan fingerprint density at radius 2 is 2.20 bits per heavy atom. The largest absolute Gasteiger partial charge is 0.478 e. The Hall–Kier alpha value is -2.55. The minimum Gasteiger partial charge on any atom is -0.478 e. The van der Waals surface area contributed by atoms with E-state index in [2.05, 4.69) is 5.32 Å². The summed E-state index contributed by atoms with van der Waals surface area (Å²) in [5, 5.41) is 20.0. The first-order valence-electron chi connectivity index (χ1n) is 6.22. The molecule has 6 nitrogen and oxygen atoms in total. The maximum absolute atomic E-state index is 11.6. The van der Waals surface area contributed by atoms with Crippen LogP contribution in [0.3, 0.4) is 0 Å². The molecule has 0 unspecified atom stereocenters. The molecule has 0 aliphatic rings. The molecule has 0 aliphatic carbocycles. The van der Waals surface area contributed by atoms with Gasteiger partial charge in [0.1, 0.15) is 0 Å². The number of rotatable bonds is 6. The Kier molecular flexibility index (Phi) is 6.04. The number of benzene rings is 1. The average molecular weight is 275 g/mol. The second kappa shape index (κ2) is 7.79. The summed E-state index contributed by atoms with van der Waals surface area (Å²) in [6.07, 6.45) is 0.851. The molecule has 6 heteroatoms. The summed E-state index contributed by atoms with van der Waals surface area (Å²) in [5.74, 6) is -0.966. The fourth-order valence-corrected chi connectivity index (χ4v) is 1.63. The van der Waals surface area contributed by atoms with Crippen LogP contribution in [0.5, 0.6) is 0 Å². The molecule has 20 heavy (non-hydrogen) atoms. The summed E-state index contributed by atoms with van der Waals surface area (Å²) in [5.41, 5.74) is 1.09. The van der Waals surface area contributed by atoms with Crippen molar-refractivity contribution in [2.75, 3.05) is 20.1 Å². The highest BCUT2D eigenvalue weighted by Crippen LogP contribution is 2.05. The molecule has 2 amide bonds. The third kappa shape index (κ3) is 4.98. The number of nitrogens with one attached hydrogen (secondary N) is 1. The van der Waals surface area contributed by atoms with Crippen LogP contribution >= 0.6 is 0 Å². The van der Waals surface area contributed by atoms with Crippen LogP contribution in [-0.2, 0) is 6.42 Å². The maximum Gasteiger partial charge on any atom is 0.335 e. The second-order valence-electron chi connectivity index (χ2n) is 4.32. The summed E-state index contributed by atoms with van der Waals surface area (Å²) in [6.45, 7) is 0.801. The van der Waals surface area contributed by atoms with E-state index in [-0.39, 0.29) is 11.6 Å². The molecule has 0 saturated carbocycles. The highest BCUT2D eigenvalue weighted by molar-refractivity contribution is 5.87. The van der Waals surface area contributed by atoms with Gasteiger partial charge in [0.2, 0.25) is 0 Å². The summed E-state index contributed by atoms with van der Waals surface area (Å²) >= 11 is 0. The number of hydrogen-bond acceptors (Lipinski definition) is 3. The van der Waals surface area contributed by atoms with Crippen LogP contribution < -0.4 is 5.32 Å². The minimum absolute atomic E-state index is 0.236. The third-order valence-corrected chi connectivity index (χ3v) is 2.77. The summed E-state index contributed by atoms with van der Waals surface area (Å²) < 4.78 is 0. The van der Waals surface area contributed by atoms with Crippen LogP contribution in [-0.4, -0.2) is 42.1 Å². The number of hydrogen-bond donors (Lipinski definition) is 2. The van der Waals surface area contributed by atoms with Gasteiger partial charge in [-0.05, 0) is 24.1 Å². The molecule has 106 valence electrons. The highest BCUT2D eigenvalue weighted by Gasteiger charge is 2.07. The minimum atomic E-state index is -0.966. The summed E-state index contributed by atoms with van der Waals surface area (Å²) in [6, 6.07) is 8.35. The van der Waals surface area contributed by atoms with E-state index >= 15 is 0 Å². The third-order valence-electron chi connectivity index (χ3n) is 2.77. The molecule has 0 spiro atoms. The lowest BCUT2D eigenvalue weighted by Gasteiger charge is -2.16. The number of amides is 2. The monoisotopic (exact) mass is 275 g/mol. The van der Waals surface area contributed by atoms with Crippen LogP contribution in [0, 0.1) is 11.3 Å². The normalized spacial score (nSPS) is 9.60. The quantitative estimate of drug-likeness (QED) is 0.822. The SMILES string of the molecule is CN(CCC#N)C(=O)NCCc1cccc(C(=O)O)c1. The number of aromatic carboxylic acids is 1. The topological polar surface area (TPSA) is 93.4 Å². The number of carbonyl (C=O) groups is 2. The second-order valence-corrected chi connectivity index (χ2v) is 4.32. The van der Waals surface area contributed by atoms with E-state index in [4.69, 9.17) is 10.4 Å². The number of nitrogens with zero attached hydrogens (tertiary/aromatic N) is 2. The Labute approximate surface area is 117 Å². The smallest absolute Gasteiger partial charge is 0.335 e. The first-order chi connectivity index (χ1) is 9.54. The molecule has 0 heterocycles. The van der Waals surface area contributed by atoms with Gasteiger partial charge in [-0.2, -0.15) is 5.26 Å². The van der Waals surface area contributed by atoms with Gasteiger partial charge in [-0.25, -0.2) is 9.59 Å². The molecule has 0 saturated heterocycles. The zero-order valence-corrected chi connectivity index (χ0v) is 11.3. The van der Waals surface area contributed by atoms with E-state index in [0.29, 0.717) is 25.9 Å². The van der Waals surface area contributed by atoms with Gasteiger partial charge in [0.05, 0.1) is 18.1 Å². The molecule has 0 aromatic heterocycles. The maximum atomic E-state index is 11.6. The van der Waals surface area contributed by atoms with Crippen molar-refractivity contribution >= 4 is 12.0 Å². The molecule has 2 N–H and O–H groups in total. The first-order valence-corrected chi connectivity index (χ1v) is 6.22. The van der Waals surface area contributed by atoms with Gasteiger partial charge >= 0.3 is 12.0 Å². The van der Waals surface area contributed by atoms with Gasteiger partial charge in [0.15, 0.2) is 0 Å². The average Bonchev–Trinajstić information content (AvgIpc) is 2.44. The lowest BCUT2D eigenvalue weighted by atomic mass is 10.1. The van der Waals surface area contributed by atoms with Crippen LogP contribution in [0.2, 0.25) is 0 Å². The Balaban J connectivity index is 2.41. The van der Waals surface area contributed by atoms with Crippen LogP contribution in [0.15, 0.2) is 24.3 Å². The van der Waals surface area contributed by atoms with Crippen molar-refractivity contribution in [1.82, 2.24) is 10.2 Å². The van der Waals surface area contributed by atoms with Crippen LogP contribution in [0.25, 0.3) is 0 Å². The molecule has 0 atom stereocenters. The van der Waals surface area contributed by atoms with Crippen LogP contribution in [0.4, 0.5) is 4.79 Å². The van der Waals surface area contributed by atoms with Crippen molar-refractivity contribution in [2.24, 2.45) is 0 Å². The molecule has 1 aromatic carbocycles. The Bertz CT molecular complexity index is 523. The predicted octanol–water partition coefficient (Wildman–Crippen LogP) is 1.48. The molecule has 0 fully saturated rings. The van der Waals surface area contributed by atoms with Gasteiger partial charge < -0.3 is 15.3 Å². The van der Waals surface area contributed by atoms with E-state index in [1.54, 1.807) is 19.2 Å². The lowest BCUT2D eigenvalue weighted by Crippen LogP contribution is -2.38. The molecular formula is C14H17N3O3. The fraction of sp³-hybridized carbons (Fsp3) is 0.357. The highest BCUT2D eigenvalue weighted by atomic mass is 16.4. The number of carbonyl (C=O) groups excluding carboxylic acids is 1. The van der Waals surface area contributed by atoms with Crippen molar-refractivity contribution in [3.05, 3.63) is 35.4 Å². The van der Waals surface area contributed by atoms with Crippen molar-refractivity contribution in [3.63, 3.8) is 0 Å². The standard InChI is InChI=1S/C14H17N3O3/c1-17(9-3-7-15)14(20)16-8-6-11-4-2-5-12(10-11)13(18)19/h2,4-5,10H,3,6,8-9H2,1H3,(H,16,20)(H,18,19). The van der Waals surface area contributed by atoms with Crippen molar-refractivity contribution < 1.29 is 14.7 Å². The lowest BCUT2D eigenvalue weighted by molar-refractivity contribution is 0.0696. The van der Waals surface area contributed by atoms with Gasteiger partial charge in [-0.1, -0.05) is 12.1 Å². The van der Waals surface area contributed by atoms with E-state index in [1.165, 1.54) is 11.0 Å². The molecule has 1 aromatic rings. The number of carboxylic acids is 1. The predicted molar refractivity (Wildman–Crippen MR) is 73.4 cm³/mol. The number of urea groups is 1. The number of carboxylic acid groups (broad SMARTS) is 1. The fourth-order valence-electron chi connectivity index (χ4n) is 1.63. The zero-order chi connectivity index (χ0) is 15.0. The molecular weight excluding hydrogens is 258 g/mol. The van der Waals surface area contributed by atoms with Gasteiger partial charge in [0, 0.05) is 20.1 Å². The van der Waals surface area contributed by atoms with Crippen LogP contribution in [0.1, 0.15) is 22.3 Å². The van der Waals surface area contributed by atoms with Gasteiger partial charge in [-0.3, -0.25) is 0 Å². The summed E-state index contributed by atoms with van der Waals surface area (Å²) in [4.78, 5) is 23.9.